The number of carbonyl (C=O) groups excluding carboxylic acids is 2. The average Bonchev–Trinajstić information content (AvgIpc) is 3.04. The van der Waals surface area contributed by atoms with Crippen molar-refractivity contribution >= 4 is 34.8 Å². The highest BCUT2D eigenvalue weighted by atomic mass is 35.5. The Balaban J connectivity index is 1.60. The van der Waals surface area contributed by atoms with E-state index in [9.17, 15) is 9.59 Å². The Kier molecular flexibility index (Phi) is 5.47. The van der Waals surface area contributed by atoms with Gasteiger partial charge in [0.15, 0.2) is 6.61 Å². The van der Waals surface area contributed by atoms with Gasteiger partial charge in [-0.15, -0.1) is 0 Å². The van der Waals surface area contributed by atoms with E-state index in [0.29, 0.717) is 23.0 Å². The number of carbonyl (C=O) groups is 2. The van der Waals surface area contributed by atoms with E-state index in [0.717, 1.165) is 29.7 Å². The molecule has 136 valence electrons. The van der Waals surface area contributed by atoms with E-state index in [-0.39, 0.29) is 18.4 Å². The number of amides is 2. The normalized spacial score (nSPS) is 12.7. The van der Waals surface area contributed by atoms with E-state index in [1.54, 1.807) is 30.0 Å². The van der Waals surface area contributed by atoms with Crippen LogP contribution in [0.15, 0.2) is 36.4 Å². The highest BCUT2D eigenvalue weighted by molar-refractivity contribution is 6.31. The van der Waals surface area contributed by atoms with Gasteiger partial charge in [-0.05, 0) is 60.4 Å². The molecule has 0 bridgehead atoms. The molecule has 0 aliphatic carbocycles. The van der Waals surface area contributed by atoms with E-state index >= 15 is 0 Å². The molecule has 0 saturated carbocycles. The summed E-state index contributed by atoms with van der Waals surface area (Å²) in [5.74, 6) is 0.412. The summed E-state index contributed by atoms with van der Waals surface area (Å²) in [4.78, 5) is 25.5. The number of nitrogens with one attached hydrogen (secondary N) is 1. The Morgan fingerprint density at radius 2 is 2.04 bits per heavy atom. The zero-order chi connectivity index (χ0) is 18.7. The van der Waals surface area contributed by atoms with Crippen LogP contribution in [-0.4, -0.2) is 25.0 Å². The van der Waals surface area contributed by atoms with Gasteiger partial charge in [0.1, 0.15) is 5.75 Å². The number of aryl methyl sites for hydroxylation is 1. The molecule has 0 saturated heterocycles. The fourth-order valence-electron chi connectivity index (χ4n) is 3.06. The lowest BCUT2D eigenvalue weighted by Crippen LogP contribution is -2.25. The van der Waals surface area contributed by atoms with E-state index in [4.69, 9.17) is 16.3 Å². The lowest BCUT2D eigenvalue weighted by Gasteiger charge is -2.15. The third kappa shape index (κ3) is 3.99. The molecule has 0 radical (unpaired) electrons. The molecule has 2 aromatic carbocycles. The summed E-state index contributed by atoms with van der Waals surface area (Å²) in [5.41, 5.74) is 3.66. The molecule has 1 aliphatic rings. The van der Waals surface area contributed by atoms with Crippen LogP contribution >= 0.6 is 11.6 Å². The molecular weight excluding hydrogens is 352 g/mol. The molecule has 0 fully saturated rings. The lowest BCUT2D eigenvalue weighted by atomic mass is 10.1. The second kappa shape index (κ2) is 7.79. The number of halogens is 1. The van der Waals surface area contributed by atoms with Gasteiger partial charge in [0, 0.05) is 29.9 Å². The minimum absolute atomic E-state index is 0.0309. The highest BCUT2D eigenvalue weighted by Crippen LogP contribution is 2.30. The molecule has 5 nitrogen and oxygen atoms in total. The Morgan fingerprint density at radius 3 is 2.77 bits per heavy atom. The van der Waals surface area contributed by atoms with Crippen molar-refractivity contribution in [3.8, 4) is 5.75 Å². The summed E-state index contributed by atoms with van der Waals surface area (Å²) < 4.78 is 5.56. The van der Waals surface area contributed by atoms with Crippen LogP contribution in [0, 0.1) is 0 Å². The summed E-state index contributed by atoms with van der Waals surface area (Å²) in [6.07, 6.45) is 1.59. The molecule has 0 atom stereocenters. The fourth-order valence-corrected chi connectivity index (χ4v) is 3.32. The minimum atomic E-state index is -0.237. The molecule has 0 aromatic heterocycles. The summed E-state index contributed by atoms with van der Waals surface area (Å²) in [5, 5.41) is 3.53. The monoisotopic (exact) mass is 372 g/mol. The van der Waals surface area contributed by atoms with Gasteiger partial charge in [0.05, 0.1) is 0 Å². The van der Waals surface area contributed by atoms with Crippen molar-refractivity contribution in [3.63, 3.8) is 0 Å². The molecule has 0 spiro atoms. The van der Waals surface area contributed by atoms with Gasteiger partial charge in [0.25, 0.3) is 5.91 Å². The van der Waals surface area contributed by atoms with E-state index in [1.807, 2.05) is 25.1 Å². The van der Waals surface area contributed by atoms with Crippen molar-refractivity contribution < 1.29 is 14.3 Å². The SMILES string of the molecule is CCc1cc(OCC(=O)Nc2ccc3c(c2)CCN3C(C)=O)ccc1Cl. The maximum atomic E-state index is 12.2. The van der Waals surface area contributed by atoms with Gasteiger partial charge >= 0.3 is 0 Å². The van der Waals surface area contributed by atoms with Crippen LogP contribution in [-0.2, 0) is 22.4 Å². The minimum Gasteiger partial charge on any atom is -0.484 e. The number of nitrogens with zero attached hydrogens (tertiary/aromatic N) is 1. The standard InChI is InChI=1S/C20H21ClN2O3/c1-3-14-11-17(5-6-18(14)21)26-12-20(25)22-16-4-7-19-15(10-16)8-9-23(19)13(2)24/h4-7,10-11H,3,8-9,12H2,1-2H3,(H,22,25). The van der Waals surface area contributed by atoms with Crippen molar-refractivity contribution in [1.82, 2.24) is 0 Å². The van der Waals surface area contributed by atoms with E-state index in [2.05, 4.69) is 5.32 Å². The number of anilines is 2. The zero-order valence-corrected chi connectivity index (χ0v) is 15.6. The maximum Gasteiger partial charge on any atom is 0.262 e. The zero-order valence-electron chi connectivity index (χ0n) is 14.8. The first-order valence-electron chi connectivity index (χ1n) is 8.60. The van der Waals surface area contributed by atoms with Crippen LogP contribution in [0.5, 0.6) is 5.75 Å². The van der Waals surface area contributed by atoms with Crippen molar-refractivity contribution in [2.75, 3.05) is 23.4 Å². The van der Waals surface area contributed by atoms with Crippen LogP contribution in [0.3, 0.4) is 0 Å². The molecule has 1 heterocycles. The van der Waals surface area contributed by atoms with Crippen LogP contribution in [0.25, 0.3) is 0 Å². The van der Waals surface area contributed by atoms with Gasteiger partial charge in [-0.1, -0.05) is 18.5 Å². The molecule has 0 unspecified atom stereocenters. The predicted molar refractivity (Wildman–Crippen MR) is 103 cm³/mol. The van der Waals surface area contributed by atoms with E-state index in [1.165, 1.54) is 0 Å². The van der Waals surface area contributed by atoms with Crippen LogP contribution < -0.4 is 15.0 Å². The first kappa shape index (κ1) is 18.3. The summed E-state index contributed by atoms with van der Waals surface area (Å²) in [7, 11) is 0. The largest absolute Gasteiger partial charge is 0.484 e. The van der Waals surface area contributed by atoms with Crippen molar-refractivity contribution in [2.45, 2.75) is 26.7 Å². The third-order valence-electron chi connectivity index (χ3n) is 4.41. The second-order valence-corrected chi connectivity index (χ2v) is 6.61. The van der Waals surface area contributed by atoms with Crippen LogP contribution in [0.1, 0.15) is 25.0 Å². The summed E-state index contributed by atoms with van der Waals surface area (Å²) in [6, 6.07) is 11.0. The number of hydrogen-bond acceptors (Lipinski definition) is 3. The number of fused-ring (bicyclic) bond motifs is 1. The van der Waals surface area contributed by atoms with Crippen LogP contribution in [0.4, 0.5) is 11.4 Å². The molecule has 3 rings (SSSR count). The number of benzene rings is 2. The van der Waals surface area contributed by atoms with Gasteiger partial charge in [-0.2, -0.15) is 0 Å². The molecule has 1 N–H and O–H groups in total. The molecular formula is C20H21ClN2O3. The Hall–Kier alpha value is -2.53. The number of hydrogen-bond donors (Lipinski definition) is 1. The lowest BCUT2D eigenvalue weighted by molar-refractivity contribution is -0.118. The molecule has 26 heavy (non-hydrogen) atoms. The van der Waals surface area contributed by atoms with Crippen LogP contribution in [0.2, 0.25) is 5.02 Å². The molecule has 2 aromatic rings. The Morgan fingerprint density at radius 1 is 1.23 bits per heavy atom. The average molecular weight is 373 g/mol. The molecule has 6 heteroatoms. The van der Waals surface area contributed by atoms with Crippen molar-refractivity contribution in [3.05, 3.63) is 52.5 Å². The van der Waals surface area contributed by atoms with Gasteiger partial charge in [0.2, 0.25) is 5.91 Å². The fraction of sp³-hybridized carbons (Fsp3) is 0.300. The summed E-state index contributed by atoms with van der Waals surface area (Å²) >= 11 is 6.08. The molecule has 1 aliphatic heterocycles. The first-order chi connectivity index (χ1) is 12.5. The van der Waals surface area contributed by atoms with Gasteiger partial charge in [-0.25, -0.2) is 0 Å². The Bertz CT molecular complexity index is 851. The predicted octanol–water partition coefficient (Wildman–Crippen LogP) is 3.83. The van der Waals surface area contributed by atoms with Gasteiger partial charge in [-0.3, -0.25) is 9.59 Å². The van der Waals surface area contributed by atoms with E-state index < -0.39 is 0 Å². The third-order valence-corrected chi connectivity index (χ3v) is 4.78. The number of ether oxygens (including phenoxy) is 1. The Labute approximate surface area is 157 Å². The highest BCUT2D eigenvalue weighted by Gasteiger charge is 2.22. The maximum absolute atomic E-state index is 12.2. The second-order valence-electron chi connectivity index (χ2n) is 6.21. The first-order valence-corrected chi connectivity index (χ1v) is 8.98. The topological polar surface area (TPSA) is 58.6 Å². The quantitative estimate of drug-likeness (QED) is 0.867. The number of rotatable bonds is 5. The molecule has 2 amide bonds. The smallest absolute Gasteiger partial charge is 0.262 e. The summed E-state index contributed by atoms with van der Waals surface area (Å²) in [6.45, 7) is 4.17. The van der Waals surface area contributed by atoms with Crippen molar-refractivity contribution in [2.24, 2.45) is 0 Å². The van der Waals surface area contributed by atoms with Crippen molar-refractivity contribution in [1.29, 1.82) is 0 Å². The van der Waals surface area contributed by atoms with Gasteiger partial charge < -0.3 is 15.0 Å².